The number of alkyl carbamates (subject to hydrolysis) is 1. The van der Waals surface area contributed by atoms with Crippen molar-refractivity contribution in [3.63, 3.8) is 0 Å². The number of carbonyl (C=O) groups is 3. The van der Waals surface area contributed by atoms with Crippen LogP contribution in [0.15, 0.2) is 158 Å². The van der Waals surface area contributed by atoms with Crippen LogP contribution in [0.2, 0.25) is 0 Å². The van der Waals surface area contributed by atoms with Crippen LogP contribution in [0.4, 0.5) is 4.79 Å². The fourth-order valence-corrected chi connectivity index (χ4v) is 6.87. The van der Waals surface area contributed by atoms with E-state index in [1.165, 1.54) is 4.90 Å². The molecule has 10 nitrogen and oxygen atoms in total. The molecule has 0 saturated heterocycles. The first kappa shape index (κ1) is 40.0. The summed E-state index contributed by atoms with van der Waals surface area (Å²) in [6.07, 6.45) is 2.87. The maximum Gasteiger partial charge on any atom is 0.408 e. The molecule has 1 unspecified atom stereocenters. The number of nitrogens with zero attached hydrogens (tertiary/aromatic N) is 3. The summed E-state index contributed by atoms with van der Waals surface area (Å²) in [6, 6.07) is 45.9. The van der Waals surface area contributed by atoms with Crippen LogP contribution < -0.4 is 10.1 Å². The van der Waals surface area contributed by atoms with Crippen molar-refractivity contribution in [1.82, 2.24) is 19.8 Å². The zero-order valence-electron chi connectivity index (χ0n) is 32.7. The van der Waals surface area contributed by atoms with E-state index in [1.54, 1.807) is 46.3 Å². The molecule has 1 aromatic heterocycles. The van der Waals surface area contributed by atoms with Crippen molar-refractivity contribution in [2.75, 3.05) is 13.7 Å². The van der Waals surface area contributed by atoms with Gasteiger partial charge in [0.1, 0.15) is 36.1 Å². The fourth-order valence-electron chi connectivity index (χ4n) is 6.87. The summed E-state index contributed by atoms with van der Waals surface area (Å²) >= 11 is 0. The van der Waals surface area contributed by atoms with Crippen LogP contribution in [-0.2, 0) is 44.2 Å². The Bertz CT molecular complexity index is 2110. The molecule has 6 aromatic rings. The number of carbonyl (C=O) groups excluding carboxylic acids is 3. The van der Waals surface area contributed by atoms with Crippen molar-refractivity contribution in [3.8, 4) is 5.75 Å². The molecule has 0 bridgehead atoms. The number of benzene rings is 5. The summed E-state index contributed by atoms with van der Waals surface area (Å²) in [5.41, 5.74) is 3.47. The predicted octanol–water partition coefficient (Wildman–Crippen LogP) is 7.94. The van der Waals surface area contributed by atoms with Gasteiger partial charge in [0.05, 0.1) is 19.1 Å². The van der Waals surface area contributed by atoms with Crippen LogP contribution in [0.5, 0.6) is 5.75 Å². The van der Waals surface area contributed by atoms with Gasteiger partial charge in [0.25, 0.3) is 0 Å². The van der Waals surface area contributed by atoms with Crippen molar-refractivity contribution >= 4 is 18.0 Å². The zero-order chi connectivity index (χ0) is 40.3. The molecule has 292 valence electrons. The van der Waals surface area contributed by atoms with Gasteiger partial charge in [0.2, 0.25) is 5.91 Å². The number of aromatic nitrogens is 2. The first-order chi connectivity index (χ1) is 27.5. The molecule has 0 fully saturated rings. The molecule has 0 radical (unpaired) electrons. The third-order valence-corrected chi connectivity index (χ3v) is 9.40. The monoisotopic (exact) mass is 764 g/mol. The maximum atomic E-state index is 14.7. The van der Waals surface area contributed by atoms with Gasteiger partial charge >= 0.3 is 12.1 Å². The highest BCUT2D eigenvalue weighted by atomic mass is 16.6. The third kappa shape index (κ3) is 10.1. The molecule has 6 rings (SSSR count). The number of ether oxygens (including phenoxy) is 3. The molecular weight excluding hydrogens is 717 g/mol. The zero-order valence-corrected chi connectivity index (χ0v) is 32.7. The van der Waals surface area contributed by atoms with Crippen LogP contribution in [0.25, 0.3) is 0 Å². The smallest absolute Gasteiger partial charge is 0.408 e. The highest BCUT2D eigenvalue weighted by molar-refractivity contribution is 5.88. The van der Waals surface area contributed by atoms with E-state index in [4.69, 9.17) is 19.2 Å². The van der Waals surface area contributed by atoms with Gasteiger partial charge in [-0.1, -0.05) is 133 Å². The van der Waals surface area contributed by atoms with Crippen LogP contribution in [0, 0.1) is 0 Å². The van der Waals surface area contributed by atoms with Gasteiger partial charge < -0.3 is 29.0 Å². The second kappa shape index (κ2) is 18.3. The molecule has 0 aliphatic rings. The minimum Gasteiger partial charge on any atom is -0.497 e. The van der Waals surface area contributed by atoms with Crippen LogP contribution in [0.1, 0.15) is 54.3 Å². The number of amides is 2. The van der Waals surface area contributed by atoms with Crippen molar-refractivity contribution in [2.24, 2.45) is 0 Å². The third-order valence-electron chi connectivity index (χ3n) is 9.40. The van der Waals surface area contributed by atoms with E-state index < -0.39 is 35.2 Å². The number of imidazole rings is 1. The van der Waals surface area contributed by atoms with Gasteiger partial charge in [-0.2, -0.15) is 0 Å². The topological polar surface area (TPSA) is 112 Å². The maximum absolute atomic E-state index is 14.7. The molecule has 5 aromatic carbocycles. The largest absolute Gasteiger partial charge is 0.497 e. The lowest BCUT2D eigenvalue weighted by atomic mass is 9.77. The average molecular weight is 765 g/mol. The Morgan fingerprint density at radius 1 is 0.719 bits per heavy atom. The standard InChI is InChI=1S/C47H48N4O6/c1-46(2,3)57-43(52)32-50(30-35-25-27-41(55-4)28-26-35)44(53)42(49-45(54)56-33-36-17-9-5-10-18-36)29-40-31-51(34-48-40)47(37-19-11-6-12-20-37,38-21-13-7-14-22-38)39-23-15-8-16-24-39/h5-28,31,34,42H,29-30,32-33H2,1-4H3,(H,49,54). The van der Waals surface area contributed by atoms with E-state index in [1.807, 2.05) is 108 Å². The summed E-state index contributed by atoms with van der Waals surface area (Å²) in [4.78, 5) is 47.7. The minimum absolute atomic E-state index is 0.00340. The molecule has 1 heterocycles. The van der Waals surface area contributed by atoms with Crippen LogP contribution in [0.3, 0.4) is 0 Å². The molecule has 2 amide bonds. The molecule has 0 spiro atoms. The number of nitrogens with one attached hydrogen (secondary N) is 1. The number of esters is 1. The normalized spacial score (nSPS) is 11.9. The Labute approximate surface area is 334 Å². The molecule has 0 aliphatic heterocycles. The summed E-state index contributed by atoms with van der Waals surface area (Å²) in [6.45, 7) is 5.02. The van der Waals surface area contributed by atoms with Crippen LogP contribution in [-0.4, -0.2) is 57.7 Å². The summed E-state index contributed by atoms with van der Waals surface area (Å²) in [5.74, 6) is -0.446. The van der Waals surface area contributed by atoms with E-state index in [2.05, 4.69) is 41.7 Å². The van der Waals surface area contributed by atoms with Gasteiger partial charge in [0.15, 0.2) is 0 Å². The highest BCUT2D eigenvalue weighted by Crippen LogP contribution is 2.40. The number of hydrogen-bond acceptors (Lipinski definition) is 7. The van der Waals surface area contributed by atoms with Gasteiger partial charge in [-0.15, -0.1) is 0 Å². The SMILES string of the molecule is COc1ccc(CN(CC(=O)OC(C)(C)C)C(=O)C(Cc2cn(C(c3ccccc3)(c3ccccc3)c3ccccc3)cn2)NC(=O)OCc2ccccc2)cc1. The van der Waals surface area contributed by atoms with Gasteiger partial charge in [-0.25, -0.2) is 9.78 Å². The molecular formula is C47H48N4O6. The Kier molecular flexibility index (Phi) is 12.8. The second-order valence-electron chi connectivity index (χ2n) is 14.7. The quantitative estimate of drug-likeness (QED) is 0.0835. The van der Waals surface area contributed by atoms with Gasteiger partial charge in [0, 0.05) is 19.2 Å². The van der Waals surface area contributed by atoms with E-state index in [-0.39, 0.29) is 26.1 Å². The number of rotatable bonds is 15. The van der Waals surface area contributed by atoms with E-state index in [0.29, 0.717) is 11.4 Å². The first-order valence-corrected chi connectivity index (χ1v) is 18.9. The summed E-state index contributed by atoms with van der Waals surface area (Å²) in [7, 11) is 1.57. The molecule has 0 aliphatic carbocycles. The Morgan fingerprint density at radius 3 is 1.75 bits per heavy atom. The Hall–Kier alpha value is -6.68. The van der Waals surface area contributed by atoms with Crippen molar-refractivity contribution in [3.05, 3.63) is 192 Å². The molecule has 1 N–H and O–H groups in total. The Balaban J connectivity index is 1.38. The van der Waals surface area contributed by atoms with Crippen molar-refractivity contribution < 1.29 is 28.6 Å². The summed E-state index contributed by atoms with van der Waals surface area (Å²) in [5, 5.41) is 2.81. The highest BCUT2D eigenvalue weighted by Gasteiger charge is 2.39. The predicted molar refractivity (Wildman–Crippen MR) is 218 cm³/mol. The lowest BCUT2D eigenvalue weighted by Gasteiger charge is -2.37. The van der Waals surface area contributed by atoms with Crippen molar-refractivity contribution in [1.29, 1.82) is 0 Å². The molecule has 1 atom stereocenters. The Morgan fingerprint density at radius 2 is 1.25 bits per heavy atom. The van der Waals surface area contributed by atoms with E-state index in [9.17, 15) is 14.4 Å². The number of hydrogen-bond donors (Lipinski definition) is 1. The van der Waals surface area contributed by atoms with Crippen molar-refractivity contribution in [2.45, 2.75) is 57.5 Å². The van der Waals surface area contributed by atoms with Crippen LogP contribution >= 0.6 is 0 Å². The lowest BCUT2D eigenvalue weighted by molar-refractivity contribution is -0.159. The average Bonchev–Trinajstić information content (AvgIpc) is 3.69. The molecule has 10 heteroatoms. The number of methoxy groups -OCH3 is 1. The minimum atomic E-state index is -1.17. The fraction of sp³-hybridized carbons (Fsp3) is 0.234. The molecule has 0 saturated carbocycles. The molecule has 57 heavy (non-hydrogen) atoms. The van der Waals surface area contributed by atoms with E-state index in [0.717, 1.165) is 27.8 Å². The summed E-state index contributed by atoms with van der Waals surface area (Å²) < 4.78 is 18.6. The van der Waals surface area contributed by atoms with Gasteiger partial charge in [-0.3, -0.25) is 9.59 Å². The van der Waals surface area contributed by atoms with E-state index >= 15 is 0 Å². The lowest BCUT2D eigenvalue weighted by Crippen LogP contribution is -2.51. The first-order valence-electron chi connectivity index (χ1n) is 18.9. The second-order valence-corrected chi connectivity index (χ2v) is 14.7. The van der Waals surface area contributed by atoms with Gasteiger partial charge in [-0.05, 0) is 60.7 Å².